The Bertz CT molecular complexity index is 530. The fourth-order valence-electron chi connectivity index (χ4n) is 2.06. The number of aliphatic hydroxyl groups is 1. The Morgan fingerprint density at radius 1 is 1.11 bits per heavy atom. The van der Waals surface area contributed by atoms with Gasteiger partial charge in [-0.1, -0.05) is 37.3 Å². The van der Waals surface area contributed by atoms with Gasteiger partial charge in [0.05, 0.1) is 12.1 Å². The zero-order chi connectivity index (χ0) is 12.4. The molecule has 0 unspecified atom stereocenters. The number of nitrogens with two attached hydrogens (primary N) is 1. The van der Waals surface area contributed by atoms with Crippen LogP contribution in [0.5, 0.6) is 5.75 Å². The highest BCUT2D eigenvalue weighted by Crippen LogP contribution is 2.31. The lowest BCUT2D eigenvalue weighted by atomic mass is 9.94. The number of benzene rings is 2. The predicted octanol–water partition coefficient (Wildman–Crippen LogP) is 2.74. The highest BCUT2D eigenvalue weighted by atomic mass is 35.5. The third-order valence-corrected chi connectivity index (χ3v) is 3.13. The van der Waals surface area contributed by atoms with E-state index in [0.29, 0.717) is 6.42 Å². The van der Waals surface area contributed by atoms with Crippen molar-refractivity contribution in [2.75, 3.05) is 0 Å². The minimum atomic E-state index is -0.567. The number of hydrogen-bond donors (Lipinski definition) is 3. The van der Waals surface area contributed by atoms with Crippen LogP contribution in [0.1, 0.15) is 24.9 Å². The third-order valence-electron chi connectivity index (χ3n) is 3.13. The summed E-state index contributed by atoms with van der Waals surface area (Å²) in [5.41, 5.74) is 6.90. The molecular formula is C14H18ClNO2. The van der Waals surface area contributed by atoms with Gasteiger partial charge in [0.25, 0.3) is 0 Å². The van der Waals surface area contributed by atoms with Gasteiger partial charge in [-0.05, 0) is 23.4 Å². The lowest BCUT2D eigenvalue weighted by Crippen LogP contribution is -2.25. The van der Waals surface area contributed by atoms with E-state index in [-0.39, 0.29) is 18.2 Å². The van der Waals surface area contributed by atoms with Gasteiger partial charge in [-0.2, -0.15) is 0 Å². The number of halogens is 1. The molecule has 3 nitrogen and oxygen atoms in total. The van der Waals surface area contributed by atoms with Crippen molar-refractivity contribution in [1.29, 1.82) is 0 Å². The first-order valence-corrected chi connectivity index (χ1v) is 5.79. The van der Waals surface area contributed by atoms with E-state index in [1.54, 1.807) is 12.1 Å². The smallest absolute Gasteiger partial charge is 0.123 e. The van der Waals surface area contributed by atoms with Crippen LogP contribution in [0, 0.1) is 0 Å². The van der Waals surface area contributed by atoms with Crippen LogP contribution in [0.4, 0.5) is 0 Å². The summed E-state index contributed by atoms with van der Waals surface area (Å²) in [5.74, 6) is 0.238. The van der Waals surface area contributed by atoms with Crippen molar-refractivity contribution in [3.8, 4) is 5.75 Å². The molecule has 0 amide bonds. The number of fused-ring (bicyclic) bond motifs is 1. The normalized spacial score (nSPS) is 13.9. The Morgan fingerprint density at radius 2 is 1.72 bits per heavy atom. The molecule has 0 radical (unpaired) electrons. The SMILES string of the molecule is CC[C@@H](O)[C@@H](N)c1ccc(O)c2ccccc12.Cl. The second kappa shape index (κ2) is 6.05. The summed E-state index contributed by atoms with van der Waals surface area (Å²) in [5, 5.41) is 21.3. The summed E-state index contributed by atoms with van der Waals surface area (Å²) < 4.78 is 0. The maximum Gasteiger partial charge on any atom is 0.123 e. The first kappa shape index (κ1) is 14.8. The minimum Gasteiger partial charge on any atom is -0.507 e. The van der Waals surface area contributed by atoms with E-state index in [1.807, 2.05) is 31.2 Å². The van der Waals surface area contributed by atoms with Crippen LogP contribution in [0.2, 0.25) is 0 Å². The molecule has 98 valence electrons. The highest BCUT2D eigenvalue weighted by Gasteiger charge is 2.17. The Balaban J connectivity index is 0.00000162. The van der Waals surface area contributed by atoms with Crippen LogP contribution in [0.15, 0.2) is 36.4 Å². The van der Waals surface area contributed by atoms with Crippen molar-refractivity contribution < 1.29 is 10.2 Å². The summed E-state index contributed by atoms with van der Waals surface area (Å²) in [6.45, 7) is 1.90. The number of phenols is 1. The first-order valence-electron chi connectivity index (χ1n) is 5.79. The largest absolute Gasteiger partial charge is 0.507 e. The van der Waals surface area contributed by atoms with Crippen molar-refractivity contribution in [1.82, 2.24) is 0 Å². The zero-order valence-corrected chi connectivity index (χ0v) is 11.0. The molecule has 0 aromatic heterocycles. The second-order valence-corrected chi connectivity index (χ2v) is 4.22. The molecule has 2 aromatic rings. The molecule has 4 N–H and O–H groups in total. The lowest BCUT2D eigenvalue weighted by molar-refractivity contribution is 0.141. The minimum absolute atomic E-state index is 0. The molecule has 18 heavy (non-hydrogen) atoms. The quantitative estimate of drug-likeness (QED) is 0.801. The van der Waals surface area contributed by atoms with Crippen LogP contribution >= 0.6 is 12.4 Å². The van der Waals surface area contributed by atoms with E-state index in [4.69, 9.17) is 5.73 Å². The molecule has 0 spiro atoms. The van der Waals surface area contributed by atoms with Crippen molar-refractivity contribution in [2.45, 2.75) is 25.5 Å². The summed E-state index contributed by atoms with van der Waals surface area (Å²) in [6, 6.07) is 10.5. The molecule has 2 rings (SSSR count). The summed E-state index contributed by atoms with van der Waals surface area (Å²) in [7, 11) is 0. The van der Waals surface area contributed by atoms with Gasteiger partial charge in [-0.25, -0.2) is 0 Å². The van der Waals surface area contributed by atoms with Gasteiger partial charge in [0, 0.05) is 5.39 Å². The molecule has 0 fully saturated rings. The fourth-order valence-corrected chi connectivity index (χ4v) is 2.06. The molecule has 0 heterocycles. The van der Waals surface area contributed by atoms with Crippen molar-refractivity contribution in [3.05, 3.63) is 42.0 Å². The number of hydrogen-bond acceptors (Lipinski definition) is 3. The van der Waals surface area contributed by atoms with Crippen molar-refractivity contribution in [3.63, 3.8) is 0 Å². The van der Waals surface area contributed by atoms with Gasteiger partial charge >= 0.3 is 0 Å². The molecule has 0 saturated carbocycles. The molecule has 4 heteroatoms. The Kier molecular flexibility index (Phi) is 4.96. The van der Waals surface area contributed by atoms with Gasteiger partial charge in [0.2, 0.25) is 0 Å². The maximum atomic E-state index is 9.82. The van der Waals surface area contributed by atoms with E-state index in [2.05, 4.69) is 0 Å². The van der Waals surface area contributed by atoms with E-state index < -0.39 is 12.1 Å². The Morgan fingerprint density at radius 3 is 2.33 bits per heavy atom. The maximum absolute atomic E-state index is 9.82. The first-order chi connectivity index (χ1) is 8.15. The summed E-state index contributed by atoms with van der Waals surface area (Å²) in [6.07, 6.45) is 0.0408. The van der Waals surface area contributed by atoms with Crippen LogP contribution < -0.4 is 5.73 Å². The van der Waals surface area contributed by atoms with E-state index in [0.717, 1.165) is 16.3 Å². The number of aromatic hydroxyl groups is 1. The fraction of sp³-hybridized carbons (Fsp3) is 0.286. The van der Waals surface area contributed by atoms with Crippen molar-refractivity contribution >= 4 is 23.2 Å². The molecular weight excluding hydrogens is 250 g/mol. The monoisotopic (exact) mass is 267 g/mol. The predicted molar refractivity (Wildman–Crippen MR) is 76.1 cm³/mol. The molecule has 2 aromatic carbocycles. The van der Waals surface area contributed by atoms with Gasteiger partial charge in [-0.15, -0.1) is 12.4 Å². The van der Waals surface area contributed by atoms with E-state index >= 15 is 0 Å². The average molecular weight is 268 g/mol. The molecule has 0 aliphatic carbocycles. The summed E-state index contributed by atoms with van der Waals surface area (Å²) in [4.78, 5) is 0. The van der Waals surface area contributed by atoms with Gasteiger partial charge < -0.3 is 15.9 Å². The molecule has 2 atom stereocenters. The van der Waals surface area contributed by atoms with Crippen LogP contribution in [0.3, 0.4) is 0 Å². The van der Waals surface area contributed by atoms with E-state index in [9.17, 15) is 10.2 Å². The molecule has 0 aliphatic rings. The number of phenolic OH excluding ortho intramolecular Hbond substituents is 1. The van der Waals surface area contributed by atoms with E-state index in [1.165, 1.54) is 0 Å². The highest BCUT2D eigenvalue weighted by molar-refractivity contribution is 5.91. The van der Waals surface area contributed by atoms with Gasteiger partial charge in [0.15, 0.2) is 0 Å². The number of rotatable bonds is 3. The second-order valence-electron chi connectivity index (χ2n) is 4.22. The zero-order valence-electron chi connectivity index (χ0n) is 10.2. The third kappa shape index (κ3) is 2.58. The van der Waals surface area contributed by atoms with Crippen LogP contribution in [0.25, 0.3) is 10.8 Å². The van der Waals surface area contributed by atoms with Crippen LogP contribution in [-0.2, 0) is 0 Å². The Labute approximate surface area is 113 Å². The molecule has 0 saturated heterocycles. The molecule has 0 aliphatic heterocycles. The van der Waals surface area contributed by atoms with Gasteiger partial charge in [0.1, 0.15) is 5.75 Å². The van der Waals surface area contributed by atoms with Crippen LogP contribution in [-0.4, -0.2) is 16.3 Å². The lowest BCUT2D eigenvalue weighted by Gasteiger charge is -2.19. The topological polar surface area (TPSA) is 66.5 Å². The molecule has 0 bridgehead atoms. The van der Waals surface area contributed by atoms with Crippen molar-refractivity contribution in [2.24, 2.45) is 5.73 Å². The van der Waals surface area contributed by atoms with Gasteiger partial charge in [-0.3, -0.25) is 0 Å². The standard InChI is InChI=1S/C14H17NO2.ClH/c1-2-12(16)14(15)11-7-8-13(17)10-6-4-3-5-9(10)11;/h3-8,12,14,16-17H,2,15H2,1H3;1H/t12-,14+;/m1./s1. The number of aliphatic hydroxyl groups excluding tert-OH is 1. The Hall–Kier alpha value is -1.29. The summed E-state index contributed by atoms with van der Waals surface area (Å²) >= 11 is 0. The average Bonchev–Trinajstić information content (AvgIpc) is 2.38.